The van der Waals surface area contributed by atoms with Gasteiger partial charge in [-0.05, 0) is 47.0 Å². The number of likely N-dealkylation sites (N-methyl/N-ethyl adjacent to an activating group) is 1. The minimum Gasteiger partial charge on any atom is -0.508 e. The quantitative estimate of drug-likeness (QED) is 0.140. The maximum absolute atomic E-state index is 13.1. The number of imide groups is 1. The van der Waals surface area contributed by atoms with Gasteiger partial charge in [-0.15, -0.1) is 0 Å². The summed E-state index contributed by atoms with van der Waals surface area (Å²) in [7, 11) is 1.90. The molecule has 4 aromatic carbocycles. The van der Waals surface area contributed by atoms with Crippen molar-refractivity contribution >= 4 is 17.9 Å². The van der Waals surface area contributed by atoms with E-state index in [1.165, 1.54) is 0 Å². The summed E-state index contributed by atoms with van der Waals surface area (Å²) < 4.78 is 18.4. The van der Waals surface area contributed by atoms with Crippen LogP contribution in [-0.2, 0) is 43.6 Å². The second-order valence-electron chi connectivity index (χ2n) is 13.7. The number of rotatable bonds is 13. The summed E-state index contributed by atoms with van der Waals surface area (Å²) >= 11 is 0. The third-order valence-electron chi connectivity index (χ3n) is 9.70. The lowest BCUT2D eigenvalue weighted by Gasteiger charge is -2.42. The fourth-order valence-corrected chi connectivity index (χ4v) is 6.67. The first kappa shape index (κ1) is 37.6. The maximum Gasteiger partial charge on any atom is 0.408 e. The highest BCUT2D eigenvalue weighted by Crippen LogP contribution is 2.42. The molecule has 53 heavy (non-hydrogen) atoms. The lowest BCUT2D eigenvalue weighted by molar-refractivity contribution is -0.276. The van der Waals surface area contributed by atoms with Gasteiger partial charge in [0.1, 0.15) is 18.4 Å². The highest BCUT2D eigenvalue weighted by Gasteiger charge is 2.41. The lowest BCUT2D eigenvalue weighted by atomic mass is 9.90. The Bertz CT molecular complexity index is 1850. The van der Waals surface area contributed by atoms with Gasteiger partial charge in [-0.2, -0.15) is 0 Å². The van der Waals surface area contributed by atoms with Gasteiger partial charge in [0.05, 0.1) is 37.9 Å². The number of nitrogens with one attached hydrogen (secondary N) is 1. The molecule has 2 aliphatic heterocycles. The summed E-state index contributed by atoms with van der Waals surface area (Å²) in [6.45, 7) is 2.86. The zero-order valence-electron chi connectivity index (χ0n) is 29.7. The molecule has 0 saturated carbocycles. The average Bonchev–Trinajstić information content (AvgIpc) is 3.42. The van der Waals surface area contributed by atoms with Crippen LogP contribution in [0.5, 0.6) is 5.75 Å². The highest BCUT2D eigenvalue weighted by atomic mass is 16.7. The minimum atomic E-state index is -1.00. The number of aliphatic hydroxyl groups is 2. The molecule has 2 saturated heterocycles. The van der Waals surface area contributed by atoms with Gasteiger partial charge in [0.15, 0.2) is 6.29 Å². The van der Waals surface area contributed by atoms with Crippen molar-refractivity contribution in [3.05, 3.63) is 137 Å². The van der Waals surface area contributed by atoms with Gasteiger partial charge in [0, 0.05) is 24.6 Å². The number of aromatic hydroxyl groups is 1. The Balaban J connectivity index is 1.11. The molecule has 0 aromatic heterocycles. The number of nitrogens with zero attached hydrogens (tertiary/aromatic N) is 2. The Morgan fingerprint density at radius 2 is 1.62 bits per heavy atom. The fourth-order valence-electron chi connectivity index (χ4n) is 6.67. The lowest BCUT2D eigenvalue weighted by Crippen LogP contribution is -2.44. The predicted octanol–water partition coefficient (Wildman–Crippen LogP) is 4.90. The van der Waals surface area contributed by atoms with Crippen molar-refractivity contribution in [1.29, 1.82) is 0 Å². The topological polar surface area (TPSA) is 158 Å². The third-order valence-corrected chi connectivity index (χ3v) is 9.70. The van der Waals surface area contributed by atoms with Crippen LogP contribution in [0.3, 0.4) is 0 Å². The minimum absolute atomic E-state index is 0.0351. The molecular formula is C41H45N3O9. The first-order chi connectivity index (χ1) is 25.6. The first-order valence-corrected chi connectivity index (χ1v) is 17.6. The van der Waals surface area contributed by atoms with Gasteiger partial charge in [-0.3, -0.25) is 14.5 Å². The van der Waals surface area contributed by atoms with E-state index in [-0.39, 0.29) is 50.1 Å². The van der Waals surface area contributed by atoms with Crippen molar-refractivity contribution in [2.75, 3.05) is 20.1 Å². The maximum atomic E-state index is 13.1. The number of hydrogen-bond donors (Lipinski definition) is 4. The Morgan fingerprint density at radius 1 is 0.925 bits per heavy atom. The molecule has 0 spiro atoms. The summed E-state index contributed by atoms with van der Waals surface area (Å²) in [5.74, 6) is -0.891. The summed E-state index contributed by atoms with van der Waals surface area (Å²) in [5.41, 5.74) is 4.59. The van der Waals surface area contributed by atoms with Gasteiger partial charge < -0.3 is 39.7 Å². The number of phenols is 1. The Labute approximate surface area is 308 Å². The number of aliphatic hydroxyl groups excluding tert-OH is 2. The molecule has 6 rings (SSSR count). The van der Waals surface area contributed by atoms with E-state index in [9.17, 15) is 29.7 Å². The van der Waals surface area contributed by atoms with Crippen LogP contribution in [0.1, 0.15) is 65.2 Å². The highest BCUT2D eigenvalue weighted by molar-refractivity contribution is 6.06. The molecule has 4 N–H and O–H groups in total. The van der Waals surface area contributed by atoms with Crippen LogP contribution in [0.2, 0.25) is 0 Å². The number of amides is 3. The van der Waals surface area contributed by atoms with Crippen LogP contribution in [0.25, 0.3) is 0 Å². The van der Waals surface area contributed by atoms with E-state index in [1.807, 2.05) is 90.8 Å². The molecule has 0 bridgehead atoms. The molecule has 4 aromatic rings. The van der Waals surface area contributed by atoms with Gasteiger partial charge in [-0.1, -0.05) is 97.9 Å². The van der Waals surface area contributed by atoms with Gasteiger partial charge in [-0.25, -0.2) is 4.79 Å². The molecule has 278 valence electrons. The molecule has 0 radical (unpaired) electrons. The summed E-state index contributed by atoms with van der Waals surface area (Å²) in [4.78, 5) is 41.4. The molecule has 3 amide bonds. The zero-order chi connectivity index (χ0) is 37.5. The normalized spacial score (nSPS) is 22.2. The van der Waals surface area contributed by atoms with E-state index >= 15 is 0 Å². The Kier molecular flexibility index (Phi) is 12.2. The van der Waals surface area contributed by atoms with Gasteiger partial charge in [0.2, 0.25) is 5.91 Å². The summed E-state index contributed by atoms with van der Waals surface area (Å²) in [5, 5.41) is 32.9. The number of carbonyl (C=O) groups excluding carboxylic acids is 3. The van der Waals surface area contributed by atoms with Crippen molar-refractivity contribution in [3.8, 4) is 5.75 Å². The van der Waals surface area contributed by atoms with Crippen LogP contribution in [-0.4, -0.2) is 75.3 Å². The molecule has 1 unspecified atom stereocenters. The van der Waals surface area contributed by atoms with E-state index in [2.05, 4.69) is 12.2 Å². The van der Waals surface area contributed by atoms with Crippen LogP contribution in [0, 0.1) is 5.92 Å². The van der Waals surface area contributed by atoms with Crippen LogP contribution < -0.4 is 5.32 Å². The van der Waals surface area contributed by atoms with Crippen molar-refractivity contribution in [2.24, 2.45) is 5.92 Å². The van der Waals surface area contributed by atoms with Gasteiger partial charge in [0.25, 0.3) is 5.91 Å². The molecule has 12 heteroatoms. The summed E-state index contributed by atoms with van der Waals surface area (Å²) in [6.07, 6.45) is -3.14. The number of hydrogen-bond acceptors (Lipinski definition) is 10. The Morgan fingerprint density at radius 3 is 2.32 bits per heavy atom. The monoisotopic (exact) mass is 723 g/mol. The predicted molar refractivity (Wildman–Crippen MR) is 194 cm³/mol. The SMILES string of the molecule is C[C@@H]1[C@H](CN(C)C[C@@H](O)c2cccc(O)c2)O[C@H](c2ccc(CN3C(=O)CC(NC(=O)OCc4ccccc4)C3=O)cc2)O[C@@H]1c1ccc(CO)cc1. The molecule has 2 aliphatic rings. The second-order valence-corrected chi connectivity index (χ2v) is 13.7. The smallest absolute Gasteiger partial charge is 0.408 e. The van der Waals surface area contributed by atoms with Gasteiger partial charge >= 0.3 is 6.09 Å². The number of phenolic OH excluding ortho intramolecular Hbond substituents is 1. The number of ether oxygens (including phenoxy) is 3. The van der Waals surface area contributed by atoms with Crippen molar-refractivity contribution in [1.82, 2.24) is 15.1 Å². The van der Waals surface area contributed by atoms with E-state index in [4.69, 9.17) is 14.2 Å². The fraction of sp³-hybridized carbons (Fsp3) is 0.341. The van der Waals surface area contributed by atoms with E-state index in [0.29, 0.717) is 24.2 Å². The van der Waals surface area contributed by atoms with Crippen LogP contribution in [0.4, 0.5) is 4.79 Å². The van der Waals surface area contributed by atoms with Crippen molar-refractivity contribution in [3.63, 3.8) is 0 Å². The van der Waals surface area contributed by atoms with Crippen LogP contribution in [0.15, 0.2) is 103 Å². The molecule has 2 fully saturated rings. The van der Waals surface area contributed by atoms with E-state index in [1.54, 1.807) is 24.3 Å². The molecule has 6 atom stereocenters. The number of carbonyl (C=O) groups is 3. The van der Waals surface area contributed by atoms with Crippen LogP contribution >= 0.6 is 0 Å². The number of likely N-dealkylation sites (tertiary alicyclic amines) is 1. The largest absolute Gasteiger partial charge is 0.508 e. The first-order valence-electron chi connectivity index (χ1n) is 17.6. The Hall–Kier alpha value is -5.11. The third kappa shape index (κ3) is 9.47. The summed E-state index contributed by atoms with van der Waals surface area (Å²) in [6, 6.07) is 29.7. The van der Waals surface area contributed by atoms with E-state index in [0.717, 1.165) is 27.2 Å². The van der Waals surface area contributed by atoms with Crippen molar-refractivity contribution < 1.29 is 43.9 Å². The molecule has 0 aliphatic carbocycles. The standard InChI is InChI=1S/C41H45N3O9/c1-26-36(23-43(2)22-35(47)32-9-6-10-33(46)19-32)52-40(53-38(26)30-15-13-28(24-45)14-16-30)31-17-11-27(12-18-31)21-44-37(48)20-34(39(44)49)42-41(50)51-25-29-7-4-3-5-8-29/h3-19,26,34-36,38,40,45-47H,20-25H2,1-2H3,(H,42,50)/t26-,34?,35-,36+,38+,40+/m1/s1. The molecular weight excluding hydrogens is 678 g/mol. The number of alkyl carbamates (subject to hydrolysis) is 1. The van der Waals surface area contributed by atoms with Crippen molar-refractivity contribution in [2.45, 2.75) is 63.7 Å². The second kappa shape index (κ2) is 17.1. The molecule has 12 nitrogen and oxygen atoms in total. The molecule has 2 heterocycles. The number of benzene rings is 4. The van der Waals surface area contributed by atoms with E-state index < -0.39 is 36.3 Å². The average molecular weight is 724 g/mol. The zero-order valence-corrected chi connectivity index (χ0v) is 29.7.